The van der Waals surface area contributed by atoms with Crippen LogP contribution in [0.5, 0.6) is 0 Å². The van der Waals surface area contributed by atoms with Crippen LogP contribution in [-0.2, 0) is 4.79 Å². The van der Waals surface area contributed by atoms with Crippen LogP contribution in [0.4, 0.5) is 10.1 Å². The Morgan fingerprint density at radius 3 is 2.34 bits per heavy atom. The third-order valence-corrected chi connectivity index (χ3v) is 5.77. The maximum Gasteiger partial charge on any atom is 0.233 e. The minimum atomic E-state index is -0.243. The molecule has 0 radical (unpaired) electrons. The molecule has 0 bridgehead atoms. The predicted molar refractivity (Wildman–Crippen MR) is 110 cm³/mol. The molecule has 2 aromatic carbocycles. The molecule has 1 aliphatic rings. The first-order valence-corrected chi connectivity index (χ1v) is 10.4. The van der Waals surface area contributed by atoms with Gasteiger partial charge in [-0.25, -0.2) is 4.39 Å². The Bertz CT molecular complexity index is 967. The molecule has 29 heavy (non-hydrogen) atoms. The van der Waals surface area contributed by atoms with Gasteiger partial charge in [-0.3, -0.25) is 4.79 Å². The summed E-state index contributed by atoms with van der Waals surface area (Å²) in [6.45, 7) is 4.75. The maximum absolute atomic E-state index is 13.1. The average molecular weight is 412 g/mol. The molecule has 1 aromatic heterocycles. The monoisotopic (exact) mass is 412 g/mol. The Hall–Kier alpha value is -2.94. The number of halogens is 1. The highest BCUT2D eigenvalue weighted by atomic mass is 32.2. The number of piperazine rings is 1. The lowest BCUT2D eigenvalue weighted by Crippen LogP contribution is -2.49. The van der Waals surface area contributed by atoms with Crippen molar-refractivity contribution in [2.24, 2.45) is 0 Å². The number of tetrazole rings is 1. The van der Waals surface area contributed by atoms with Gasteiger partial charge in [0.05, 0.1) is 11.4 Å². The standard InChI is InChI=1S/C20H21FN6OS/c1-15-2-6-18(7-3-15)27-20(22-23-24-27)29-14-19(28)26-12-10-25(11-13-26)17-8-4-16(21)5-9-17/h2-9H,10-14H2,1H3. The zero-order valence-corrected chi connectivity index (χ0v) is 16.8. The molecule has 150 valence electrons. The lowest BCUT2D eigenvalue weighted by Gasteiger charge is -2.36. The van der Waals surface area contributed by atoms with Crippen LogP contribution in [0.15, 0.2) is 53.7 Å². The van der Waals surface area contributed by atoms with Crippen LogP contribution >= 0.6 is 11.8 Å². The van der Waals surface area contributed by atoms with Gasteiger partial charge in [0.15, 0.2) is 0 Å². The molecule has 1 aliphatic heterocycles. The fraction of sp³-hybridized carbons (Fsp3) is 0.300. The predicted octanol–water partition coefficient (Wildman–Crippen LogP) is 2.55. The van der Waals surface area contributed by atoms with E-state index in [4.69, 9.17) is 0 Å². The van der Waals surface area contributed by atoms with E-state index in [0.29, 0.717) is 18.2 Å². The number of aryl methyl sites for hydroxylation is 1. The second-order valence-corrected chi connectivity index (χ2v) is 7.78. The third-order valence-electron chi connectivity index (χ3n) is 4.87. The van der Waals surface area contributed by atoms with Gasteiger partial charge in [0, 0.05) is 31.9 Å². The molecule has 0 N–H and O–H groups in total. The zero-order valence-electron chi connectivity index (χ0n) is 16.0. The lowest BCUT2D eigenvalue weighted by molar-refractivity contribution is -0.128. The van der Waals surface area contributed by atoms with E-state index in [9.17, 15) is 9.18 Å². The van der Waals surface area contributed by atoms with Gasteiger partial charge in [0.2, 0.25) is 11.1 Å². The number of hydrogen-bond acceptors (Lipinski definition) is 6. The van der Waals surface area contributed by atoms with E-state index in [1.807, 2.05) is 36.1 Å². The molecule has 0 atom stereocenters. The highest BCUT2D eigenvalue weighted by molar-refractivity contribution is 7.99. The number of hydrogen-bond donors (Lipinski definition) is 0. The summed E-state index contributed by atoms with van der Waals surface area (Å²) >= 11 is 1.33. The molecule has 9 heteroatoms. The summed E-state index contributed by atoms with van der Waals surface area (Å²) in [4.78, 5) is 16.6. The van der Waals surface area contributed by atoms with Gasteiger partial charge in [-0.2, -0.15) is 4.68 Å². The van der Waals surface area contributed by atoms with Gasteiger partial charge in [-0.15, -0.1) is 5.10 Å². The molecule has 0 spiro atoms. The SMILES string of the molecule is Cc1ccc(-n2nnnc2SCC(=O)N2CCN(c3ccc(F)cc3)CC2)cc1. The van der Waals surface area contributed by atoms with Crippen LogP contribution in [0, 0.1) is 12.7 Å². The summed E-state index contributed by atoms with van der Waals surface area (Å²) in [6, 6.07) is 14.4. The van der Waals surface area contributed by atoms with Gasteiger partial charge < -0.3 is 9.80 Å². The normalized spacial score (nSPS) is 14.3. The number of aromatic nitrogens is 4. The van der Waals surface area contributed by atoms with Crippen LogP contribution in [0.1, 0.15) is 5.56 Å². The first-order chi connectivity index (χ1) is 14.1. The smallest absolute Gasteiger partial charge is 0.233 e. The van der Waals surface area contributed by atoms with Crippen LogP contribution in [0.2, 0.25) is 0 Å². The largest absolute Gasteiger partial charge is 0.368 e. The van der Waals surface area contributed by atoms with Gasteiger partial charge in [-0.05, 0) is 53.7 Å². The summed E-state index contributed by atoms with van der Waals surface area (Å²) < 4.78 is 14.7. The van der Waals surface area contributed by atoms with E-state index in [1.165, 1.54) is 23.9 Å². The second kappa shape index (κ2) is 8.60. The molecule has 1 amide bonds. The van der Waals surface area contributed by atoms with E-state index >= 15 is 0 Å². The van der Waals surface area contributed by atoms with Crippen molar-refractivity contribution in [1.29, 1.82) is 0 Å². The summed E-state index contributed by atoms with van der Waals surface area (Å²) in [5.74, 6) is 0.0998. The van der Waals surface area contributed by atoms with Crippen molar-refractivity contribution in [3.63, 3.8) is 0 Å². The molecule has 4 rings (SSSR count). The lowest BCUT2D eigenvalue weighted by atomic mass is 10.2. The van der Waals surface area contributed by atoms with Crippen LogP contribution < -0.4 is 4.90 Å². The van der Waals surface area contributed by atoms with E-state index in [2.05, 4.69) is 20.4 Å². The van der Waals surface area contributed by atoms with E-state index in [-0.39, 0.29) is 17.5 Å². The van der Waals surface area contributed by atoms with Crippen molar-refractivity contribution >= 4 is 23.4 Å². The fourth-order valence-corrected chi connectivity index (χ4v) is 3.99. The number of nitrogens with zero attached hydrogens (tertiary/aromatic N) is 6. The van der Waals surface area contributed by atoms with Crippen molar-refractivity contribution in [3.05, 3.63) is 59.9 Å². The highest BCUT2D eigenvalue weighted by Crippen LogP contribution is 2.20. The van der Waals surface area contributed by atoms with Crippen LogP contribution in [0.3, 0.4) is 0 Å². The van der Waals surface area contributed by atoms with Crippen LogP contribution in [-0.4, -0.2) is 62.9 Å². The Kier molecular flexibility index (Phi) is 5.75. The Morgan fingerprint density at radius 2 is 1.66 bits per heavy atom. The van der Waals surface area contributed by atoms with E-state index in [1.54, 1.807) is 16.8 Å². The maximum atomic E-state index is 13.1. The topological polar surface area (TPSA) is 67.2 Å². The molecule has 0 unspecified atom stereocenters. The number of rotatable bonds is 5. The molecule has 7 nitrogen and oxygen atoms in total. The number of carbonyl (C=O) groups is 1. The average Bonchev–Trinajstić information content (AvgIpc) is 3.22. The third kappa shape index (κ3) is 4.56. The van der Waals surface area contributed by atoms with E-state index < -0.39 is 0 Å². The fourth-order valence-electron chi connectivity index (χ4n) is 3.20. The van der Waals surface area contributed by atoms with E-state index in [0.717, 1.165) is 30.0 Å². The summed E-state index contributed by atoms with van der Waals surface area (Å²) in [5, 5.41) is 12.4. The van der Waals surface area contributed by atoms with Crippen LogP contribution in [0.25, 0.3) is 5.69 Å². The molecule has 1 fully saturated rings. The Balaban J connectivity index is 1.32. The molecule has 0 aliphatic carbocycles. The first kappa shape index (κ1) is 19.4. The molecular weight excluding hydrogens is 391 g/mol. The van der Waals surface area contributed by atoms with Gasteiger partial charge >= 0.3 is 0 Å². The summed E-state index contributed by atoms with van der Waals surface area (Å²) in [5.41, 5.74) is 3.00. The Morgan fingerprint density at radius 1 is 1.00 bits per heavy atom. The number of benzene rings is 2. The van der Waals surface area contributed by atoms with Crippen molar-refractivity contribution in [3.8, 4) is 5.69 Å². The van der Waals surface area contributed by atoms with Gasteiger partial charge in [0.1, 0.15) is 5.82 Å². The zero-order chi connectivity index (χ0) is 20.2. The quantitative estimate of drug-likeness (QED) is 0.600. The van der Waals surface area contributed by atoms with Crippen molar-refractivity contribution in [2.75, 3.05) is 36.8 Å². The Labute approximate surface area is 172 Å². The first-order valence-electron chi connectivity index (χ1n) is 9.37. The molecule has 1 saturated heterocycles. The molecular formula is C20H21FN6OS. The molecule has 2 heterocycles. The number of carbonyl (C=O) groups excluding carboxylic acids is 1. The minimum Gasteiger partial charge on any atom is -0.368 e. The highest BCUT2D eigenvalue weighted by Gasteiger charge is 2.22. The van der Waals surface area contributed by atoms with Crippen molar-refractivity contribution in [1.82, 2.24) is 25.1 Å². The minimum absolute atomic E-state index is 0.0622. The number of thioether (sulfide) groups is 1. The van der Waals surface area contributed by atoms with Crippen molar-refractivity contribution < 1.29 is 9.18 Å². The number of amides is 1. The summed E-state index contributed by atoms with van der Waals surface area (Å²) in [6.07, 6.45) is 0. The van der Waals surface area contributed by atoms with Gasteiger partial charge in [-0.1, -0.05) is 29.5 Å². The summed E-state index contributed by atoms with van der Waals surface area (Å²) in [7, 11) is 0. The molecule has 3 aromatic rings. The van der Waals surface area contributed by atoms with Gasteiger partial charge in [0.25, 0.3) is 0 Å². The number of anilines is 1. The molecule has 0 saturated carbocycles. The second-order valence-electron chi connectivity index (χ2n) is 6.84. The van der Waals surface area contributed by atoms with Crippen molar-refractivity contribution in [2.45, 2.75) is 12.1 Å².